The van der Waals surface area contributed by atoms with E-state index in [0.29, 0.717) is 0 Å². The molecule has 1 N–H and O–H groups in total. The maximum absolute atomic E-state index is 11.1. The molecule has 0 unspecified atom stereocenters. The molecule has 4 nitrogen and oxygen atoms in total. The molecule has 0 saturated carbocycles. The normalized spacial score (nSPS) is 10.9. The Morgan fingerprint density at radius 2 is 1.80 bits per heavy atom. The third-order valence-electron chi connectivity index (χ3n) is 3.38. The maximum atomic E-state index is 11.1. The summed E-state index contributed by atoms with van der Waals surface area (Å²) in [4.78, 5) is 15.7. The zero-order valence-corrected chi connectivity index (χ0v) is 11.3. The zero-order valence-electron chi connectivity index (χ0n) is 11.3. The molecule has 0 bridgehead atoms. The van der Waals surface area contributed by atoms with Gasteiger partial charge in [-0.2, -0.15) is 0 Å². The van der Waals surface area contributed by atoms with Crippen LogP contribution in [0.25, 0.3) is 16.9 Å². The molecule has 100 valence electrons. The number of aromatic nitrogens is 2. The fourth-order valence-electron chi connectivity index (χ4n) is 2.27. The molecule has 4 heteroatoms. The Kier molecular flexibility index (Phi) is 2.79. The third-order valence-corrected chi connectivity index (χ3v) is 3.38. The second-order valence-corrected chi connectivity index (χ2v) is 4.87. The van der Waals surface area contributed by atoms with Gasteiger partial charge >= 0.3 is 5.97 Å². The van der Waals surface area contributed by atoms with Crippen molar-refractivity contribution in [3.8, 4) is 11.4 Å². The number of hydrogen-bond acceptors (Lipinski definition) is 2. The molecule has 0 atom stereocenters. The summed E-state index contributed by atoms with van der Waals surface area (Å²) < 4.78 is 1.84. The van der Waals surface area contributed by atoms with E-state index in [0.717, 1.165) is 22.6 Å². The van der Waals surface area contributed by atoms with Gasteiger partial charge in [0.2, 0.25) is 0 Å². The number of imidazole rings is 1. The third kappa shape index (κ3) is 1.95. The smallest absolute Gasteiger partial charge is 0.337 e. The summed E-state index contributed by atoms with van der Waals surface area (Å²) in [5, 5.41) is 9.12. The van der Waals surface area contributed by atoms with Gasteiger partial charge in [-0.15, -0.1) is 0 Å². The number of benzene rings is 1. The van der Waals surface area contributed by atoms with Crippen molar-refractivity contribution in [1.29, 1.82) is 0 Å². The fraction of sp³-hybridized carbons (Fsp3) is 0.125. The molecule has 0 saturated heterocycles. The molecule has 2 heterocycles. The van der Waals surface area contributed by atoms with Crippen LogP contribution in [0.1, 0.15) is 21.6 Å². The largest absolute Gasteiger partial charge is 0.478 e. The van der Waals surface area contributed by atoms with Gasteiger partial charge in [0, 0.05) is 11.8 Å². The molecule has 2 aromatic heterocycles. The molecule has 0 amide bonds. The van der Waals surface area contributed by atoms with Crippen molar-refractivity contribution in [2.75, 3.05) is 0 Å². The molecular formula is C16H14N2O2. The van der Waals surface area contributed by atoms with E-state index in [9.17, 15) is 4.79 Å². The Balaban J connectivity index is 2.27. The Morgan fingerprint density at radius 1 is 1.10 bits per heavy atom. The number of carboxylic acids is 1. The lowest BCUT2D eigenvalue weighted by Crippen LogP contribution is -1.99. The predicted octanol–water partition coefficient (Wildman–Crippen LogP) is 3.32. The lowest BCUT2D eigenvalue weighted by Gasteiger charge is -2.03. The van der Waals surface area contributed by atoms with Crippen molar-refractivity contribution in [3.63, 3.8) is 0 Å². The van der Waals surface area contributed by atoms with Crippen LogP contribution in [0.15, 0.2) is 42.6 Å². The summed E-state index contributed by atoms with van der Waals surface area (Å²) in [6.45, 7) is 3.95. The second-order valence-electron chi connectivity index (χ2n) is 4.87. The Labute approximate surface area is 116 Å². The average Bonchev–Trinajstić information content (AvgIpc) is 2.76. The number of nitrogens with zero attached hydrogens (tertiary/aromatic N) is 2. The summed E-state index contributed by atoms with van der Waals surface area (Å²) in [5.41, 5.74) is 4.21. The van der Waals surface area contributed by atoms with E-state index in [1.165, 1.54) is 5.56 Å². The van der Waals surface area contributed by atoms with Crippen molar-refractivity contribution in [3.05, 3.63) is 59.4 Å². The average molecular weight is 266 g/mol. The molecule has 0 aliphatic rings. The van der Waals surface area contributed by atoms with Crippen molar-refractivity contribution in [2.45, 2.75) is 13.8 Å². The van der Waals surface area contributed by atoms with Gasteiger partial charge in [0.05, 0.1) is 16.8 Å². The van der Waals surface area contributed by atoms with Crippen LogP contribution in [0.5, 0.6) is 0 Å². The highest BCUT2D eigenvalue weighted by molar-refractivity contribution is 5.88. The monoisotopic (exact) mass is 266 g/mol. The van der Waals surface area contributed by atoms with Crippen molar-refractivity contribution in [1.82, 2.24) is 9.38 Å². The highest BCUT2D eigenvalue weighted by atomic mass is 16.4. The first-order chi connectivity index (χ1) is 9.56. The molecule has 0 aliphatic heterocycles. The Morgan fingerprint density at radius 3 is 2.45 bits per heavy atom. The van der Waals surface area contributed by atoms with E-state index in [1.807, 2.05) is 42.5 Å². The van der Waals surface area contributed by atoms with Gasteiger partial charge in [-0.1, -0.05) is 29.8 Å². The van der Waals surface area contributed by atoms with E-state index >= 15 is 0 Å². The molecule has 3 rings (SSSR count). The number of carboxylic acid groups (broad SMARTS) is 1. The Bertz CT molecular complexity index is 801. The minimum atomic E-state index is -0.937. The van der Waals surface area contributed by atoms with Crippen LogP contribution < -0.4 is 0 Å². The number of carbonyl (C=O) groups is 1. The number of rotatable bonds is 2. The van der Waals surface area contributed by atoms with Gasteiger partial charge in [0.15, 0.2) is 0 Å². The van der Waals surface area contributed by atoms with Gasteiger partial charge < -0.3 is 5.11 Å². The van der Waals surface area contributed by atoms with Gasteiger partial charge in [-0.05, 0) is 26.0 Å². The van der Waals surface area contributed by atoms with Crippen LogP contribution in [0, 0.1) is 13.8 Å². The first-order valence-corrected chi connectivity index (χ1v) is 6.35. The number of aromatic carboxylic acids is 1. The van der Waals surface area contributed by atoms with Gasteiger partial charge in [-0.25, -0.2) is 9.78 Å². The number of hydrogen-bond donors (Lipinski definition) is 1. The fourth-order valence-corrected chi connectivity index (χ4v) is 2.27. The van der Waals surface area contributed by atoms with Crippen LogP contribution in [0.2, 0.25) is 0 Å². The summed E-state index contributed by atoms with van der Waals surface area (Å²) in [6.07, 6.45) is 1.62. The topological polar surface area (TPSA) is 54.6 Å². The first kappa shape index (κ1) is 12.4. The first-order valence-electron chi connectivity index (χ1n) is 6.35. The van der Waals surface area contributed by atoms with Crippen LogP contribution in [-0.4, -0.2) is 20.5 Å². The minimum absolute atomic E-state index is 0.253. The lowest BCUT2D eigenvalue weighted by molar-refractivity contribution is 0.0696. The van der Waals surface area contributed by atoms with E-state index in [-0.39, 0.29) is 5.56 Å². The van der Waals surface area contributed by atoms with Gasteiger partial charge in [-0.3, -0.25) is 4.40 Å². The number of aryl methyl sites for hydroxylation is 2. The second kappa shape index (κ2) is 4.49. The van der Waals surface area contributed by atoms with Crippen LogP contribution in [0.4, 0.5) is 0 Å². The van der Waals surface area contributed by atoms with Crippen molar-refractivity contribution >= 4 is 11.5 Å². The summed E-state index contributed by atoms with van der Waals surface area (Å²) >= 11 is 0. The molecule has 0 radical (unpaired) electrons. The van der Waals surface area contributed by atoms with Gasteiger partial charge in [0.25, 0.3) is 0 Å². The zero-order chi connectivity index (χ0) is 14.3. The molecule has 0 spiro atoms. The van der Waals surface area contributed by atoms with Crippen LogP contribution in [0.3, 0.4) is 0 Å². The van der Waals surface area contributed by atoms with E-state index in [2.05, 4.69) is 4.98 Å². The quantitative estimate of drug-likeness (QED) is 0.774. The highest BCUT2D eigenvalue weighted by Crippen LogP contribution is 2.23. The SMILES string of the molecule is Cc1ccc(-c2nc(C)c3ccc(C(=O)O)cn23)cc1. The summed E-state index contributed by atoms with van der Waals surface area (Å²) in [6, 6.07) is 11.4. The molecule has 1 aromatic carbocycles. The summed E-state index contributed by atoms with van der Waals surface area (Å²) in [7, 11) is 0. The van der Waals surface area contributed by atoms with E-state index < -0.39 is 5.97 Å². The summed E-state index contributed by atoms with van der Waals surface area (Å²) in [5.74, 6) is -0.172. The molecular weight excluding hydrogens is 252 g/mol. The molecule has 3 aromatic rings. The molecule has 0 aliphatic carbocycles. The van der Waals surface area contributed by atoms with Crippen molar-refractivity contribution < 1.29 is 9.90 Å². The highest BCUT2D eigenvalue weighted by Gasteiger charge is 2.12. The lowest BCUT2D eigenvalue weighted by atomic mass is 10.1. The standard InChI is InChI=1S/C16H14N2O2/c1-10-3-5-12(6-4-10)15-17-11(2)14-8-7-13(16(19)20)9-18(14)15/h3-9H,1-2H3,(H,19,20). The number of fused-ring (bicyclic) bond motifs is 1. The van der Waals surface area contributed by atoms with E-state index in [1.54, 1.807) is 18.3 Å². The Hall–Kier alpha value is -2.62. The minimum Gasteiger partial charge on any atom is -0.478 e. The molecule has 0 fully saturated rings. The molecule has 20 heavy (non-hydrogen) atoms. The predicted molar refractivity (Wildman–Crippen MR) is 77.1 cm³/mol. The maximum Gasteiger partial charge on any atom is 0.337 e. The van der Waals surface area contributed by atoms with Crippen LogP contribution in [-0.2, 0) is 0 Å². The van der Waals surface area contributed by atoms with E-state index in [4.69, 9.17) is 5.11 Å². The van der Waals surface area contributed by atoms with Crippen LogP contribution >= 0.6 is 0 Å². The number of pyridine rings is 1. The van der Waals surface area contributed by atoms with Crippen molar-refractivity contribution in [2.24, 2.45) is 0 Å². The van der Waals surface area contributed by atoms with Gasteiger partial charge in [0.1, 0.15) is 5.82 Å².